The predicted molar refractivity (Wildman–Crippen MR) is 64.5 cm³/mol. The molecule has 0 aliphatic rings. The first-order valence-corrected chi connectivity index (χ1v) is 6.57. The molecule has 1 aromatic carbocycles. The fourth-order valence-corrected chi connectivity index (χ4v) is 2.38. The Morgan fingerprint density at radius 3 is 2.71 bits per heavy atom. The Hall–Kier alpha value is -1.66. The van der Waals surface area contributed by atoms with Crippen LogP contribution in [0.5, 0.6) is 0 Å². The molecule has 1 aromatic heterocycles. The van der Waals surface area contributed by atoms with Crippen molar-refractivity contribution in [2.75, 3.05) is 7.05 Å². The van der Waals surface area contributed by atoms with E-state index in [9.17, 15) is 8.42 Å². The van der Waals surface area contributed by atoms with E-state index in [0.29, 0.717) is 0 Å². The quantitative estimate of drug-likeness (QED) is 0.888. The molecular weight excluding hydrogens is 238 g/mol. The molecule has 0 saturated carbocycles. The number of benzene rings is 1. The Morgan fingerprint density at radius 1 is 1.29 bits per heavy atom. The van der Waals surface area contributed by atoms with Crippen LogP contribution in [-0.2, 0) is 10.0 Å². The van der Waals surface area contributed by atoms with Gasteiger partial charge in [0.15, 0.2) is 5.03 Å². The molecule has 17 heavy (non-hydrogen) atoms. The zero-order valence-electron chi connectivity index (χ0n) is 9.58. The first-order chi connectivity index (χ1) is 8.04. The van der Waals surface area contributed by atoms with Crippen LogP contribution in [0.15, 0.2) is 41.6 Å². The van der Waals surface area contributed by atoms with Gasteiger partial charge >= 0.3 is 0 Å². The van der Waals surface area contributed by atoms with Crippen LogP contribution >= 0.6 is 0 Å². The highest BCUT2D eigenvalue weighted by Gasteiger charge is 2.18. The Kier molecular flexibility index (Phi) is 2.99. The van der Waals surface area contributed by atoms with Gasteiger partial charge in [0.1, 0.15) is 0 Å². The maximum absolute atomic E-state index is 11.8. The molecule has 0 aliphatic heterocycles. The Bertz CT molecular complexity index is 632. The van der Waals surface area contributed by atoms with Crippen molar-refractivity contribution < 1.29 is 8.42 Å². The molecule has 1 N–H and O–H groups in total. The zero-order valence-corrected chi connectivity index (χ0v) is 10.4. The monoisotopic (exact) mass is 251 g/mol. The molecule has 0 spiro atoms. The second kappa shape index (κ2) is 4.31. The zero-order chi connectivity index (χ0) is 12.5. The lowest BCUT2D eigenvalue weighted by atomic mass is 10.2. The summed E-state index contributed by atoms with van der Waals surface area (Å²) in [6, 6.07) is 8.96. The number of nitrogens with one attached hydrogen (secondary N) is 1. The van der Waals surface area contributed by atoms with Gasteiger partial charge in [0.25, 0.3) is 10.0 Å². The maximum Gasteiger partial charge on any atom is 0.257 e. The van der Waals surface area contributed by atoms with E-state index in [1.165, 1.54) is 24.0 Å². The molecule has 1 heterocycles. The largest absolute Gasteiger partial charge is 0.257 e. The highest BCUT2D eigenvalue weighted by Crippen LogP contribution is 2.15. The van der Waals surface area contributed by atoms with E-state index in [0.717, 1.165) is 11.3 Å². The number of hydrogen-bond acceptors (Lipinski definition) is 3. The summed E-state index contributed by atoms with van der Waals surface area (Å²) >= 11 is 0. The van der Waals surface area contributed by atoms with Gasteiger partial charge in [0.05, 0.1) is 11.9 Å². The minimum absolute atomic E-state index is 0.130. The normalized spacial score (nSPS) is 11.6. The lowest BCUT2D eigenvalue weighted by Gasteiger charge is -2.07. The summed E-state index contributed by atoms with van der Waals surface area (Å²) in [6.45, 7) is 1.94. The van der Waals surface area contributed by atoms with Crippen molar-refractivity contribution >= 4 is 10.0 Å². The molecule has 5 nitrogen and oxygen atoms in total. The van der Waals surface area contributed by atoms with E-state index in [1.807, 2.05) is 31.2 Å². The van der Waals surface area contributed by atoms with Gasteiger partial charge in [-0.25, -0.2) is 17.8 Å². The molecular formula is C11H13N3O2S. The molecule has 0 unspecified atom stereocenters. The van der Waals surface area contributed by atoms with E-state index >= 15 is 0 Å². The fourth-order valence-electron chi connectivity index (χ4n) is 1.55. The highest BCUT2D eigenvalue weighted by molar-refractivity contribution is 7.89. The van der Waals surface area contributed by atoms with Crippen molar-refractivity contribution in [3.05, 3.63) is 42.1 Å². The van der Waals surface area contributed by atoms with Gasteiger partial charge in [0.2, 0.25) is 0 Å². The van der Waals surface area contributed by atoms with Crippen LogP contribution in [0.4, 0.5) is 0 Å². The van der Waals surface area contributed by atoms with Crippen LogP contribution < -0.4 is 4.72 Å². The van der Waals surface area contributed by atoms with Crippen LogP contribution in [0.3, 0.4) is 0 Å². The van der Waals surface area contributed by atoms with Gasteiger partial charge in [-0.05, 0) is 37.7 Å². The van der Waals surface area contributed by atoms with Crippen molar-refractivity contribution in [3.8, 4) is 5.69 Å². The fraction of sp³-hybridized carbons (Fsp3) is 0.182. The van der Waals surface area contributed by atoms with Gasteiger partial charge in [0, 0.05) is 0 Å². The standard InChI is InChI=1S/C11H13N3O2S/c1-9-4-3-5-10(8-9)14-11(6-7-13-14)17(15,16)12-2/h3-8,12H,1-2H3. The van der Waals surface area contributed by atoms with Gasteiger partial charge in [-0.1, -0.05) is 12.1 Å². The number of rotatable bonds is 3. The molecule has 0 amide bonds. The second-order valence-corrected chi connectivity index (χ2v) is 5.46. The summed E-state index contributed by atoms with van der Waals surface area (Å²) in [6.07, 6.45) is 1.46. The predicted octanol–water partition coefficient (Wildman–Crippen LogP) is 1.09. The van der Waals surface area contributed by atoms with Crippen LogP contribution in [-0.4, -0.2) is 25.2 Å². The topological polar surface area (TPSA) is 64.0 Å². The van der Waals surface area contributed by atoms with Crippen molar-refractivity contribution in [2.45, 2.75) is 11.9 Å². The van der Waals surface area contributed by atoms with Gasteiger partial charge < -0.3 is 0 Å². The molecule has 0 atom stereocenters. The van der Waals surface area contributed by atoms with Crippen LogP contribution in [0.1, 0.15) is 5.56 Å². The number of aryl methyl sites for hydroxylation is 1. The third kappa shape index (κ3) is 2.22. The summed E-state index contributed by atoms with van der Waals surface area (Å²) in [5, 5.41) is 4.17. The van der Waals surface area contributed by atoms with E-state index in [2.05, 4.69) is 9.82 Å². The number of sulfonamides is 1. The smallest absolute Gasteiger partial charge is 0.221 e. The molecule has 6 heteroatoms. The maximum atomic E-state index is 11.8. The van der Waals surface area contributed by atoms with Crippen molar-refractivity contribution in [1.82, 2.24) is 14.5 Å². The lowest BCUT2D eigenvalue weighted by molar-refractivity contribution is 0.578. The minimum atomic E-state index is -3.50. The third-order valence-corrected chi connectivity index (χ3v) is 3.80. The molecule has 0 fully saturated rings. The summed E-state index contributed by atoms with van der Waals surface area (Å²) < 4.78 is 27.2. The highest BCUT2D eigenvalue weighted by atomic mass is 32.2. The summed E-state index contributed by atoms with van der Waals surface area (Å²) in [5.74, 6) is 0. The first kappa shape index (κ1) is 11.8. The number of nitrogens with zero attached hydrogens (tertiary/aromatic N) is 2. The van der Waals surface area contributed by atoms with E-state index in [1.54, 1.807) is 0 Å². The average molecular weight is 251 g/mol. The first-order valence-electron chi connectivity index (χ1n) is 5.09. The van der Waals surface area contributed by atoms with Gasteiger partial charge in [-0.2, -0.15) is 5.10 Å². The minimum Gasteiger partial charge on any atom is -0.221 e. The molecule has 0 saturated heterocycles. The van der Waals surface area contributed by atoms with Crippen LogP contribution in [0.2, 0.25) is 0 Å². The van der Waals surface area contributed by atoms with E-state index < -0.39 is 10.0 Å². The SMILES string of the molecule is CNS(=O)(=O)c1ccnn1-c1cccc(C)c1. The van der Waals surface area contributed by atoms with E-state index in [-0.39, 0.29) is 5.03 Å². The second-order valence-electron chi connectivity index (χ2n) is 3.63. The van der Waals surface area contributed by atoms with Crippen LogP contribution in [0.25, 0.3) is 5.69 Å². The molecule has 0 aliphatic carbocycles. The summed E-state index contributed by atoms with van der Waals surface area (Å²) in [5.41, 5.74) is 1.77. The molecule has 90 valence electrons. The van der Waals surface area contributed by atoms with Crippen molar-refractivity contribution in [3.63, 3.8) is 0 Å². The Balaban J connectivity index is 2.59. The molecule has 2 aromatic rings. The van der Waals surface area contributed by atoms with Gasteiger partial charge in [-0.15, -0.1) is 0 Å². The number of aromatic nitrogens is 2. The molecule has 0 radical (unpaired) electrons. The van der Waals surface area contributed by atoms with Gasteiger partial charge in [-0.3, -0.25) is 0 Å². The summed E-state index contributed by atoms with van der Waals surface area (Å²) in [4.78, 5) is 0. The van der Waals surface area contributed by atoms with Crippen molar-refractivity contribution in [1.29, 1.82) is 0 Å². The number of hydrogen-bond donors (Lipinski definition) is 1. The van der Waals surface area contributed by atoms with E-state index in [4.69, 9.17) is 0 Å². The third-order valence-electron chi connectivity index (χ3n) is 2.40. The summed E-state index contributed by atoms with van der Waals surface area (Å²) in [7, 11) is -2.12. The van der Waals surface area contributed by atoms with Crippen LogP contribution in [0, 0.1) is 6.92 Å². The Morgan fingerprint density at radius 2 is 2.06 bits per heavy atom. The Labute approximate surface area is 100 Å². The molecule has 0 bridgehead atoms. The van der Waals surface area contributed by atoms with Crippen molar-refractivity contribution in [2.24, 2.45) is 0 Å². The lowest BCUT2D eigenvalue weighted by Crippen LogP contribution is -2.21. The molecule has 2 rings (SSSR count). The average Bonchev–Trinajstić information content (AvgIpc) is 2.78.